The van der Waals surface area contributed by atoms with E-state index in [4.69, 9.17) is 47.4 Å². The van der Waals surface area contributed by atoms with Crippen molar-refractivity contribution < 1.29 is 66.5 Å². The van der Waals surface area contributed by atoms with Crippen molar-refractivity contribution in [2.24, 2.45) is 0 Å². The van der Waals surface area contributed by atoms with E-state index in [-0.39, 0.29) is 95.6 Å². The normalized spacial score (nSPS) is 21.2. The van der Waals surface area contributed by atoms with E-state index in [2.05, 4.69) is 13.2 Å². The topological polar surface area (TPSA) is 174 Å². The minimum atomic E-state index is -0.930. The fraction of sp³-hybridized carbons (Fsp3) is 0.418. The maximum Gasteiger partial charge on any atom is 0.416 e. The lowest BCUT2D eigenvalue weighted by molar-refractivity contribution is -0.00157. The van der Waals surface area contributed by atoms with E-state index < -0.39 is 36.7 Å². The number of amides is 4. The predicted molar refractivity (Wildman–Crippen MR) is 271 cm³/mol. The van der Waals surface area contributed by atoms with Gasteiger partial charge in [0.15, 0.2) is 35.5 Å². The van der Waals surface area contributed by atoms with Crippen molar-refractivity contribution in [2.75, 3.05) is 92.0 Å². The van der Waals surface area contributed by atoms with E-state index in [1.54, 1.807) is 48.3 Å². The van der Waals surface area contributed by atoms with Crippen LogP contribution in [0.3, 0.4) is 0 Å². The summed E-state index contributed by atoms with van der Waals surface area (Å²) in [5, 5.41) is 0. The zero-order valence-corrected chi connectivity index (χ0v) is 42.2. The zero-order valence-electron chi connectivity index (χ0n) is 42.2. The standard InChI is InChI=1S/C55H64N4O14/c1-9-24-72-54(62)58-42-32-48(46(66-5)30-40(42)50(60)56-22-20-36(28-44(56)52(58)68-7)34-12-16-38(64-3)17-13-34)70-26-11-27-71-49-33-43-41(31-47(49)67-6)51(61)57-23-21-37(35-14-18-39(65-4)19-15-35)29-45(57)53(69-8)59(43)55(63)73-25-10-2/h9-10,12-19,30-33,36-37,44-45,52-53H,1-2,11,20-29H2,3-8H3/t36?,37?,44-,45-,52?,53?/m0/s1. The lowest BCUT2D eigenvalue weighted by Crippen LogP contribution is -2.56. The SMILES string of the molecule is C=CCOC(=O)N1c2cc(OCCCOc3cc4c(cc3OC)C(=O)N3CCC(c5ccc(OC)cc5)C[C@H]3C(OC)N4C(=O)OCC=C)c(OC)cc2C(=O)N2CCC(c3ccc(OC)cc3)C[C@H]2C1OC. The van der Waals surface area contributed by atoms with E-state index in [0.29, 0.717) is 45.2 Å². The van der Waals surface area contributed by atoms with Crippen LogP contribution in [0.15, 0.2) is 98.1 Å². The average molecular weight is 1010 g/mol. The summed E-state index contributed by atoms with van der Waals surface area (Å²) in [4.78, 5) is 63.6. The lowest BCUT2D eigenvalue weighted by Gasteiger charge is -2.43. The van der Waals surface area contributed by atoms with E-state index >= 15 is 0 Å². The number of ether oxygens (including phenoxy) is 10. The van der Waals surface area contributed by atoms with E-state index in [1.807, 2.05) is 48.5 Å². The third-order valence-electron chi connectivity index (χ3n) is 14.0. The molecule has 4 aliphatic rings. The van der Waals surface area contributed by atoms with Gasteiger partial charge in [0.1, 0.15) is 24.7 Å². The van der Waals surface area contributed by atoms with Crippen molar-refractivity contribution in [3.8, 4) is 34.5 Å². The number of anilines is 2. The minimum absolute atomic E-state index is 0.0653. The van der Waals surface area contributed by atoms with Gasteiger partial charge < -0.3 is 57.2 Å². The minimum Gasteiger partial charge on any atom is -0.497 e. The molecule has 0 saturated carbocycles. The first-order valence-corrected chi connectivity index (χ1v) is 24.3. The Morgan fingerprint density at radius 2 is 0.959 bits per heavy atom. The summed E-state index contributed by atoms with van der Waals surface area (Å²) in [6.45, 7) is 8.30. The summed E-state index contributed by atoms with van der Waals surface area (Å²) < 4.78 is 58.5. The molecule has 2 saturated heterocycles. The fourth-order valence-corrected chi connectivity index (χ4v) is 10.5. The maximum absolute atomic E-state index is 14.6. The highest BCUT2D eigenvalue weighted by atomic mass is 16.6. The first-order valence-electron chi connectivity index (χ1n) is 24.3. The van der Waals surface area contributed by atoms with Crippen LogP contribution in [-0.2, 0) is 18.9 Å². The van der Waals surface area contributed by atoms with Crippen LogP contribution in [0.2, 0.25) is 0 Å². The Bertz CT molecular complexity index is 2460. The predicted octanol–water partition coefficient (Wildman–Crippen LogP) is 8.58. The summed E-state index contributed by atoms with van der Waals surface area (Å²) >= 11 is 0. The maximum atomic E-state index is 14.6. The molecule has 2 fully saturated rings. The molecule has 73 heavy (non-hydrogen) atoms. The second-order valence-electron chi connectivity index (χ2n) is 17.9. The van der Waals surface area contributed by atoms with Gasteiger partial charge in [0.2, 0.25) is 0 Å². The number of rotatable bonds is 18. The van der Waals surface area contributed by atoms with E-state index in [1.165, 1.54) is 50.4 Å². The summed E-state index contributed by atoms with van der Waals surface area (Å²) in [6, 6.07) is 21.0. The van der Waals surface area contributed by atoms with Crippen molar-refractivity contribution in [3.63, 3.8) is 0 Å². The van der Waals surface area contributed by atoms with Crippen molar-refractivity contribution >= 4 is 35.4 Å². The van der Waals surface area contributed by atoms with Crippen LogP contribution in [0.25, 0.3) is 0 Å². The van der Waals surface area contributed by atoms with Crippen molar-refractivity contribution in [1.29, 1.82) is 0 Å². The molecule has 18 nitrogen and oxygen atoms in total. The number of hydrogen-bond donors (Lipinski definition) is 0. The average Bonchev–Trinajstić information content (AvgIpc) is 3.59. The Kier molecular flexibility index (Phi) is 16.6. The number of nitrogens with zero attached hydrogens (tertiary/aromatic N) is 4. The van der Waals surface area contributed by atoms with E-state index in [9.17, 15) is 19.2 Å². The molecule has 0 N–H and O–H groups in total. The molecule has 4 heterocycles. The summed E-state index contributed by atoms with van der Waals surface area (Å²) in [5.74, 6) is 2.09. The molecule has 4 aromatic carbocycles. The molecular weight excluding hydrogens is 941 g/mol. The molecule has 4 aromatic rings. The molecule has 0 aliphatic carbocycles. The van der Waals surface area contributed by atoms with Gasteiger partial charge in [-0.25, -0.2) is 19.4 Å². The van der Waals surface area contributed by atoms with Crippen LogP contribution in [0.4, 0.5) is 21.0 Å². The number of carbonyl (C=O) groups is 4. The number of fused-ring (bicyclic) bond motifs is 4. The number of carbonyl (C=O) groups excluding carboxylic acids is 4. The molecule has 0 bridgehead atoms. The molecule has 18 heteroatoms. The summed E-state index contributed by atoms with van der Waals surface area (Å²) in [6.07, 6.45) is 2.34. The Labute approximate surface area is 425 Å². The van der Waals surface area contributed by atoms with Gasteiger partial charge in [0.25, 0.3) is 11.8 Å². The van der Waals surface area contributed by atoms with Gasteiger partial charge in [-0.2, -0.15) is 0 Å². The van der Waals surface area contributed by atoms with Gasteiger partial charge in [0.05, 0.1) is 76.2 Å². The largest absolute Gasteiger partial charge is 0.497 e. The first-order chi connectivity index (χ1) is 35.5. The van der Waals surface area contributed by atoms with Crippen LogP contribution in [0, 0.1) is 0 Å². The van der Waals surface area contributed by atoms with Gasteiger partial charge in [-0.1, -0.05) is 49.6 Å². The van der Waals surface area contributed by atoms with Crippen molar-refractivity contribution in [1.82, 2.24) is 9.80 Å². The number of methoxy groups -OCH3 is 6. The van der Waals surface area contributed by atoms with Crippen LogP contribution in [0.5, 0.6) is 34.5 Å². The number of piperidine rings is 2. The Morgan fingerprint density at radius 3 is 1.30 bits per heavy atom. The molecule has 6 atom stereocenters. The van der Waals surface area contributed by atoms with Crippen LogP contribution in [0.1, 0.15) is 75.8 Å². The summed E-state index contributed by atoms with van der Waals surface area (Å²) in [7, 11) is 9.20. The van der Waals surface area contributed by atoms with Gasteiger partial charge >= 0.3 is 12.2 Å². The number of benzene rings is 4. The van der Waals surface area contributed by atoms with Gasteiger partial charge in [0, 0.05) is 45.9 Å². The van der Waals surface area contributed by atoms with Gasteiger partial charge in [-0.15, -0.1) is 0 Å². The smallest absolute Gasteiger partial charge is 0.416 e. The highest BCUT2D eigenvalue weighted by molar-refractivity contribution is 6.07. The Hall–Kier alpha value is -7.44. The highest BCUT2D eigenvalue weighted by Gasteiger charge is 2.49. The second-order valence-corrected chi connectivity index (χ2v) is 17.9. The van der Waals surface area contributed by atoms with Crippen molar-refractivity contribution in [3.05, 3.63) is 120 Å². The fourth-order valence-electron chi connectivity index (χ4n) is 10.5. The molecule has 388 valence electrons. The van der Waals surface area contributed by atoms with E-state index in [0.717, 1.165) is 22.6 Å². The van der Waals surface area contributed by atoms with Gasteiger partial charge in [-0.05, 0) is 85.0 Å². The Balaban J connectivity index is 1.03. The molecule has 0 aromatic heterocycles. The number of hydrogen-bond acceptors (Lipinski definition) is 14. The van der Waals surface area contributed by atoms with Crippen molar-refractivity contribution in [2.45, 2.75) is 68.5 Å². The third-order valence-corrected chi connectivity index (χ3v) is 14.0. The lowest BCUT2D eigenvalue weighted by atomic mass is 9.84. The quantitative estimate of drug-likeness (QED) is 0.0685. The third kappa shape index (κ3) is 10.6. The summed E-state index contributed by atoms with van der Waals surface area (Å²) in [5.41, 5.74) is 3.07. The van der Waals surface area contributed by atoms with Gasteiger partial charge in [-0.3, -0.25) is 9.59 Å². The molecule has 4 unspecified atom stereocenters. The Morgan fingerprint density at radius 1 is 0.562 bits per heavy atom. The monoisotopic (exact) mass is 1000 g/mol. The molecule has 4 aliphatic heterocycles. The molecule has 0 spiro atoms. The van der Waals surface area contributed by atoms with Crippen LogP contribution >= 0.6 is 0 Å². The van der Waals surface area contributed by atoms with Crippen LogP contribution < -0.4 is 38.2 Å². The van der Waals surface area contributed by atoms with Crippen LogP contribution in [-0.4, -0.2) is 141 Å². The zero-order chi connectivity index (χ0) is 51.8. The second kappa shape index (κ2) is 23.4. The molecular formula is C55H64N4O14. The molecule has 8 rings (SSSR count). The molecule has 4 amide bonds. The first kappa shape index (κ1) is 51.9. The molecule has 0 radical (unpaired) electrons. The highest BCUT2D eigenvalue weighted by Crippen LogP contribution is 2.46.